The average Bonchev–Trinajstić information content (AvgIpc) is 2.41. The van der Waals surface area contributed by atoms with Gasteiger partial charge in [0.25, 0.3) is 0 Å². The van der Waals surface area contributed by atoms with Crippen molar-refractivity contribution in [2.75, 3.05) is 19.6 Å². The fraction of sp³-hybridized carbons (Fsp3) is 1.00. The van der Waals surface area contributed by atoms with E-state index >= 15 is 0 Å². The largest absolute Gasteiger partial charge is 0.327 e. The van der Waals surface area contributed by atoms with Crippen LogP contribution in [0.5, 0.6) is 0 Å². The van der Waals surface area contributed by atoms with Crippen LogP contribution in [0.15, 0.2) is 0 Å². The van der Waals surface area contributed by atoms with Crippen molar-refractivity contribution in [2.45, 2.75) is 90.0 Å². The Bertz CT molecular complexity index is 194. The van der Waals surface area contributed by atoms with Crippen LogP contribution >= 0.6 is 0 Å². The van der Waals surface area contributed by atoms with Crippen LogP contribution < -0.4 is 5.73 Å². The quantitative estimate of drug-likeness (QED) is 0.565. The van der Waals surface area contributed by atoms with Gasteiger partial charge in [-0.3, -0.25) is 0 Å². The van der Waals surface area contributed by atoms with Crippen molar-refractivity contribution < 1.29 is 0 Å². The Morgan fingerprint density at radius 3 is 2.05 bits per heavy atom. The van der Waals surface area contributed by atoms with Gasteiger partial charge >= 0.3 is 0 Å². The van der Waals surface area contributed by atoms with Crippen molar-refractivity contribution in [3.05, 3.63) is 0 Å². The molecule has 1 fully saturated rings. The highest BCUT2D eigenvalue weighted by atomic mass is 15.1. The molecule has 2 N–H and O–H groups in total. The first kappa shape index (κ1) is 17.0. The predicted molar refractivity (Wildman–Crippen MR) is 85.5 cm³/mol. The van der Waals surface area contributed by atoms with Gasteiger partial charge in [0.1, 0.15) is 0 Å². The molecule has 1 aliphatic rings. The molecule has 1 unspecified atom stereocenters. The number of likely N-dealkylation sites (tertiary alicyclic amines) is 1. The van der Waals surface area contributed by atoms with Crippen LogP contribution in [-0.4, -0.2) is 30.6 Å². The summed E-state index contributed by atoms with van der Waals surface area (Å²) in [6.07, 6.45) is 16.8. The van der Waals surface area contributed by atoms with Crippen LogP contribution in [0.25, 0.3) is 0 Å². The van der Waals surface area contributed by atoms with Crippen molar-refractivity contribution in [2.24, 2.45) is 5.73 Å². The van der Waals surface area contributed by atoms with E-state index in [9.17, 15) is 0 Å². The van der Waals surface area contributed by atoms with Gasteiger partial charge in [0, 0.05) is 12.6 Å². The zero-order chi connectivity index (χ0) is 13.8. The number of piperidine rings is 1. The summed E-state index contributed by atoms with van der Waals surface area (Å²) < 4.78 is 0. The van der Waals surface area contributed by atoms with Crippen molar-refractivity contribution in [1.29, 1.82) is 0 Å². The fourth-order valence-electron chi connectivity index (χ4n) is 3.12. The summed E-state index contributed by atoms with van der Waals surface area (Å²) in [6, 6.07) is 0.442. The summed E-state index contributed by atoms with van der Waals surface area (Å²) in [6.45, 7) is 5.99. The molecule has 0 bridgehead atoms. The lowest BCUT2D eigenvalue weighted by Crippen LogP contribution is -2.43. The molecule has 1 saturated heterocycles. The minimum absolute atomic E-state index is 0.442. The highest BCUT2D eigenvalue weighted by molar-refractivity contribution is 4.74. The summed E-state index contributed by atoms with van der Waals surface area (Å²) in [5.74, 6) is 0. The second-order valence-electron chi connectivity index (χ2n) is 6.38. The molecule has 0 amide bonds. The van der Waals surface area contributed by atoms with E-state index in [1.807, 2.05) is 0 Å². The molecule has 0 radical (unpaired) electrons. The summed E-state index contributed by atoms with van der Waals surface area (Å²) in [5, 5.41) is 0. The molecule has 0 aromatic rings. The third kappa shape index (κ3) is 9.45. The minimum atomic E-state index is 0.442. The average molecular weight is 268 g/mol. The molecule has 19 heavy (non-hydrogen) atoms. The van der Waals surface area contributed by atoms with E-state index in [1.165, 1.54) is 90.1 Å². The Labute approximate surface area is 121 Å². The van der Waals surface area contributed by atoms with E-state index in [1.54, 1.807) is 0 Å². The van der Waals surface area contributed by atoms with E-state index < -0.39 is 0 Å². The van der Waals surface area contributed by atoms with Gasteiger partial charge in [0.2, 0.25) is 0 Å². The Kier molecular flexibility index (Phi) is 10.5. The van der Waals surface area contributed by atoms with Gasteiger partial charge in [-0.2, -0.15) is 0 Å². The standard InChI is InChI=1S/C17H36N2/c1-2-3-4-5-6-7-8-9-10-11-14-19-15-12-13-17(18)16-19/h17H,2-16,18H2,1H3. The topological polar surface area (TPSA) is 29.3 Å². The molecular formula is C17H36N2. The van der Waals surface area contributed by atoms with E-state index in [2.05, 4.69) is 11.8 Å². The van der Waals surface area contributed by atoms with Gasteiger partial charge in [0.05, 0.1) is 0 Å². The predicted octanol–water partition coefficient (Wildman–Crippen LogP) is 4.33. The lowest BCUT2D eigenvalue weighted by atomic mass is 10.0. The molecule has 1 heterocycles. The molecule has 0 aromatic heterocycles. The first-order valence-corrected chi connectivity index (χ1v) is 8.81. The monoisotopic (exact) mass is 268 g/mol. The molecule has 0 aliphatic carbocycles. The number of nitrogens with zero attached hydrogens (tertiary/aromatic N) is 1. The first-order valence-electron chi connectivity index (χ1n) is 8.81. The molecule has 1 aliphatic heterocycles. The molecule has 0 saturated carbocycles. The highest BCUT2D eigenvalue weighted by Gasteiger charge is 2.15. The van der Waals surface area contributed by atoms with Crippen LogP contribution in [0.1, 0.15) is 84.0 Å². The molecular weight excluding hydrogens is 232 g/mol. The van der Waals surface area contributed by atoms with Gasteiger partial charge in [0.15, 0.2) is 0 Å². The van der Waals surface area contributed by atoms with E-state index in [0.717, 1.165) is 6.54 Å². The lowest BCUT2D eigenvalue weighted by Gasteiger charge is -2.30. The van der Waals surface area contributed by atoms with Gasteiger partial charge in [-0.05, 0) is 32.4 Å². The molecule has 114 valence electrons. The molecule has 1 atom stereocenters. The van der Waals surface area contributed by atoms with Crippen molar-refractivity contribution >= 4 is 0 Å². The summed E-state index contributed by atoms with van der Waals surface area (Å²) >= 11 is 0. The van der Waals surface area contributed by atoms with Gasteiger partial charge < -0.3 is 10.6 Å². The van der Waals surface area contributed by atoms with Crippen LogP contribution in [-0.2, 0) is 0 Å². The highest BCUT2D eigenvalue weighted by Crippen LogP contribution is 2.12. The molecule has 1 rings (SSSR count). The van der Waals surface area contributed by atoms with Crippen molar-refractivity contribution in [3.63, 3.8) is 0 Å². The zero-order valence-corrected chi connectivity index (χ0v) is 13.2. The number of hydrogen-bond donors (Lipinski definition) is 1. The Morgan fingerprint density at radius 1 is 0.895 bits per heavy atom. The molecule has 2 nitrogen and oxygen atoms in total. The summed E-state index contributed by atoms with van der Waals surface area (Å²) in [7, 11) is 0. The summed E-state index contributed by atoms with van der Waals surface area (Å²) in [5.41, 5.74) is 6.00. The van der Waals surface area contributed by atoms with E-state index in [-0.39, 0.29) is 0 Å². The Hall–Kier alpha value is -0.0800. The smallest absolute Gasteiger partial charge is 0.0168 e. The fourth-order valence-corrected chi connectivity index (χ4v) is 3.12. The molecule has 2 heteroatoms. The zero-order valence-electron chi connectivity index (χ0n) is 13.2. The third-order valence-electron chi connectivity index (χ3n) is 4.37. The minimum Gasteiger partial charge on any atom is -0.327 e. The number of unbranched alkanes of at least 4 members (excludes halogenated alkanes) is 9. The maximum Gasteiger partial charge on any atom is 0.0168 e. The van der Waals surface area contributed by atoms with Crippen molar-refractivity contribution in [1.82, 2.24) is 4.90 Å². The molecule has 0 aromatic carbocycles. The van der Waals surface area contributed by atoms with Gasteiger partial charge in [-0.25, -0.2) is 0 Å². The van der Waals surface area contributed by atoms with Crippen LogP contribution in [0.2, 0.25) is 0 Å². The van der Waals surface area contributed by atoms with E-state index in [0.29, 0.717) is 6.04 Å². The Morgan fingerprint density at radius 2 is 1.47 bits per heavy atom. The van der Waals surface area contributed by atoms with Crippen LogP contribution in [0.3, 0.4) is 0 Å². The number of nitrogens with two attached hydrogens (primary N) is 1. The van der Waals surface area contributed by atoms with E-state index in [4.69, 9.17) is 5.73 Å². The van der Waals surface area contributed by atoms with Crippen LogP contribution in [0.4, 0.5) is 0 Å². The second-order valence-corrected chi connectivity index (χ2v) is 6.38. The lowest BCUT2D eigenvalue weighted by molar-refractivity contribution is 0.205. The van der Waals surface area contributed by atoms with Crippen LogP contribution in [0, 0.1) is 0 Å². The number of rotatable bonds is 11. The van der Waals surface area contributed by atoms with Gasteiger partial charge in [-0.15, -0.1) is 0 Å². The van der Waals surface area contributed by atoms with Crippen molar-refractivity contribution in [3.8, 4) is 0 Å². The van der Waals surface area contributed by atoms with Gasteiger partial charge in [-0.1, -0.05) is 64.7 Å². The molecule has 0 spiro atoms. The number of hydrogen-bond acceptors (Lipinski definition) is 2. The normalized spacial score (nSPS) is 20.8. The maximum atomic E-state index is 6.00. The second kappa shape index (κ2) is 11.7. The Balaban J connectivity index is 1.78. The SMILES string of the molecule is CCCCCCCCCCCCN1CCCC(N)C1. The third-order valence-corrected chi connectivity index (χ3v) is 4.37. The first-order chi connectivity index (χ1) is 9.33. The summed E-state index contributed by atoms with van der Waals surface area (Å²) in [4.78, 5) is 2.57. The maximum absolute atomic E-state index is 6.00.